The zero-order valence-corrected chi connectivity index (χ0v) is 12.0. The summed E-state index contributed by atoms with van der Waals surface area (Å²) in [5, 5.41) is 1.40. The number of rotatable bonds is 4. The van der Waals surface area contributed by atoms with Crippen LogP contribution in [0.5, 0.6) is 5.75 Å². The fourth-order valence-corrected chi connectivity index (χ4v) is 2.02. The second-order valence-corrected chi connectivity index (χ2v) is 4.40. The van der Waals surface area contributed by atoms with Crippen molar-refractivity contribution >= 4 is 34.5 Å². The third-order valence-electron chi connectivity index (χ3n) is 2.73. The summed E-state index contributed by atoms with van der Waals surface area (Å²) in [4.78, 5) is 15.6. The third kappa shape index (κ3) is 3.08. The molecular weight excluding hydrogens is 278 g/mol. The number of carbonyl (C=O) groups excluding carboxylic acids is 1. The van der Waals surface area contributed by atoms with Gasteiger partial charge in [-0.15, -0.1) is 0 Å². The molecule has 0 saturated heterocycles. The van der Waals surface area contributed by atoms with E-state index in [-0.39, 0.29) is 0 Å². The lowest BCUT2D eigenvalue weighted by Crippen LogP contribution is -1.99. The van der Waals surface area contributed by atoms with Crippen LogP contribution in [0.25, 0.3) is 17.0 Å². The number of hydrogen-bond acceptors (Lipinski definition) is 4. The van der Waals surface area contributed by atoms with Crippen LogP contribution in [-0.2, 0) is 9.53 Å². The molecule has 1 aromatic heterocycles. The molecule has 20 heavy (non-hydrogen) atoms. The Bertz CT molecular complexity index is 667. The minimum Gasteiger partial charge on any atom is -0.496 e. The van der Waals surface area contributed by atoms with E-state index in [1.165, 1.54) is 6.08 Å². The quantitative estimate of drug-likeness (QED) is 0.639. The Morgan fingerprint density at radius 1 is 1.45 bits per heavy atom. The summed E-state index contributed by atoms with van der Waals surface area (Å²) in [5.74, 6) is 0.222. The average Bonchev–Trinajstić information content (AvgIpc) is 2.45. The molecule has 0 amide bonds. The Hall–Kier alpha value is -2.07. The minimum absolute atomic E-state index is 0.341. The molecule has 0 spiro atoms. The summed E-state index contributed by atoms with van der Waals surface area (Å²) in [5.41, 5.74) is 1.48. The Kier molecular flexibility index (Phi) is 4.58. The van der Waals surface area contributed by atoms with Crippen molar-refractivity contribution in [3.8, 4) is 5.75 Å². The zero-order valence-electron chi connectivity index (χ0n) is 11.2. The van der Waals surface area contributed by atoms with Gasteiger partial charge in [0.2, 0.25) is 0 Å². The maximum Gasteiger partial charge on any atom is 0.330 e. The van der Waals surface area contributed by atoms with Crippen molar-refractivity contribution in [1.82, 2.24) is 4.98 Å². The maximum atomic E-state index is 11.4. The first kappa shape index (κ1) is 14.3. The van der Waals surface area contributed by atoms with Crippen molar-refractivity contribution in [1.29, 1.82) is 0 Å². The maximum absolute atomic E-state index is 11.4. The Morgan fingerprint density at radius 2 is 2.25 bits per heavy atom. The van der Waals surface area contributed by atoms with Crippen LogP contribution < -0.4 is 4.74 Å². The highest BCUT2D eigenvalue weighted by molar-refractivity contribution is 6.35. The number of aromatic nitrogens is 1. The number of esters is 1. The highest BCUT2D eigenvalue weighted by Gasteiger charge is 2.07. The second-order valence-electron chi connectivity index (χ2n) is 3.99. The number of pyridine rings is 1. The molecule has 104 valence electrons. The fourth-order valence-electron chi connectivity index (χ4n) is 1.81. The number of fused-ring (bicyclic) bond motifs is 1. The second kappa shape index (κ2) is 6.39. The predicted molar refractivity (Wildman–Crippen MR) is 79.0 cm³/mol. The molecule has 0 unspecified atom stereocenters. The van der Waals surface area contributed by atoms with E-state index >= 15 is 0 Å². The van der Waals surface area contributed by atoms with Gasteiger partial charge in [0.25, 0.3) is 0 Å². The minimum atomic E-state index is -0.396. The van der Waals surface area contributed by atoms with E-state index in [0.717, 1.165) is 16.5 Å². The molecule has 1 aromatic carbocycles. The van der Waals surface area contributed by atoms with Crippen LogP contribution in [-0.4, -0.2) is 24.7 Å². The summed E-state index contributed by atoms with van der Waals surface area (Å²) in [7, 11) is 1.56. The smallest absolute Gasteiger partial charge is 0.330 e. The van der Waals surface area contributed by atoms with Crippen LogP contribution in [0.1, 0.15) is 12.5 Å². The van der Waals surface area contributed by atoms with E-state index in [1.807, 2.05) is 6.07 Å². The highest BCUT2D eigenvalue weighted by atomic mass is 35.5. The summed E-state index contributed by atoms with van der Waals surface area (Å²) in [6.45, 7) is 2.10. The number of nitrogens with zero attached hydrogens (tertiary/aromatic N) is 1. The lowest BCUT2D eigenvalue weighted by Gasteiger charge is -2.07. The van der Waals surface area contributed by atoms with Gasteiger partial charge in [-0.05, 0) is 25.1 Å². The first-order valence-electron chi connectivity index (χ1n) is 6.12. The van der Waals surface area contributed by atoms with Crippen molar-refractivity contribution < 1.29 is 14.3 Å². The Labute approximate surface area is 122 Å². The SMILES string of the molecule is CCOC(=O)/C=C/c1cc2c(Cl)ccnc2cc1OC. The van der Waals surface area contributed by atoms with Gasteiger partial charge in [-0.25, -0.2) is 4.79 Å². The Morgan fingerprint density at radius 3 is 2.95 bits per heavy atom. The van der Waals surface area contributed by atoms with Crippen LogP contribution in [0, 0.1) is 0 Å². The zero-order chi connectivity index (χ0) is 14.5. The molecule has 2 rings (SSSR count). The topological polar surface area (TPSA) is 48.4 Å². The number of methoxy groups -OCH3 is 1. The van der Waals surface area contributed by atoms with Crippen LogP contribution in [0.2, 0.25) is 5.02 Å². The number of carbonyl (C=O) groups is 1. The van der Waals surface area contributed by atoms with E-state index in [9.17, 15) is 4.79 Å². The van der Waals surface area contributed by atoms with Crippen molar-refractivity contribution in [2.45, 2.75) is 6.92 Å². The molecular formula is C15H14ClNO3. The van der Waals surface area contributed by atoms with Crippen molar-refractivity contribution in [3.63, 3.8) is 0 Å². The summed E-state index contributed by atoms with van der Waals surface area (Å²) < 4.78 is 10.1. The largest absolute Gasteiger partial charge is 0.496 e. The normalized spacial score (nSPS) is 10.9. The monoisotopic (exact) mass is 291 g/mol. The first-order chi connectivity index (χ1) is 9.65. The molecule has 0 atom stereocenters. The number of halogens is 1. The summed E-state index contributed by atoms with van der Waals surface area (Å²) in [6, 6.07) is 5.33. The lowest BCUT2D eigenvalue weighted by atomic mass is 10.1. The van der Waals surface area contributed by atoms with Crippen molar-refractivity contribution in [3.05, 3.63) is 41.1 Å². The van der Waals surface area contributed by atoms with Crippen LogP contribution >= 0.6 is 11.6 Å². The molecule has 0 aliphatic carbocycles. The van der Waals surface area contributed by atoms with Gasteiger partial charge in [0.15, 0.2) is 0 Å². The van der Waals surface area contributed by atoms with Gasteiger partial charge in [0.1, 0.15) is 5.75 Å². The van der Waals surface area contributed by atoms with Crippen LogP contribution in [0.15, 0.2) is 30.5 Å². The molecule has 4 nitrogen and oxygen atoms in total. The molecule has 0 bridgehead atoms. The van der Waals surface area contributed by atoms with Gasteiger partial charge in [0, 0.05) is 29.3 Å². The molecule has 0 aliphatic heterocycles. The molecule has 0 radical (unpaired) electrons. The van der Waals surface area contributed by atoms with Gasteiger partial charge in [-0.3, -0.25) is 4.98 Å². The number of ether oxygens (including phenoxy) is 2. The number of benzene rings is 1. The molecule has 0 fully saturated rings. The standard InChI is InChI=1S/C15H14ClNO3/c1-3-20-15(18)5-4-10-8-11-12(16)6-7-17-13(11)9-14(10)19-2/h4-9H,3H2,1-2H3/b5-4+. The van der Waals surface area contributed by atoms with Crippen molar-refractivity contribution in [2.24, 2.45) is 0 Å². The van der Waals surface area contributed by atoms with Gasteiger partial charge in [-0.2, -0.15) is 0 Å². The van der Waals surface area contributed by atoms with Crippen LogP contribution in [0.3, 0.4) is 0 Å². The van der Waals surface area contributed by atoms with Gasteiger partial charge in [-0.1, -0.05) is 11.6 Å². The van der Waals surface area contributed by atoms with Crippen LogP contribution in [0.4, 0.5) is 0 Å². The average molecular weight is 292 g/mol. The number of hydrogen-bond donors (Lipinski definition) is 0. The van der Waals surface area contributed by atoms with E-state index in [2.05, 4.69) is 4.98 Å². The van der Waals surface area contributed by atoms with Gasteiger partial charge >= 0.3 is 5.97 Å². The summed E-state index contributed by atoms with van der Waals surface area (Å²) >= 11 is 6.14. The molecule has 2 aromatic rings. The van der Waals surface area contributed by atoms with Crippen molar-refractivity contribution in [2.75, 3.05) is 13.7 Å². The van der Waals surface area contributed by atoms with E-state index in [1.54, 1.807) is 38.4 Å². The van der Waals surface area contributed by atoms with Gasteiger partial charge < -0.3 is 9.47 Å². The first-order valence-corrected chi connectivity index (χ1v) is 6.50. The lowest BCUT2D eigenvalue weighted by molar-refractivity contribution is -0.137. The fraction of sp³-hybridized carbons (Fsp3) is 0.200. The molecule has 0 N–H and O–H groups in total. The third-order valence-corrected chi connectivity index (χ3v) is 3.05. The highest BCUT2D eigenvalue weighted by Crippen LogP contribution is 2.29. The molecule has 0 saturated carbocycles. The Balaban J connectivity index is 2.46. The van der Waals surface area contributed by atoms with E-state index in [4.69, 9.17) is 21.1 Å². The predicted octanol–water partition coefficient (Wildman–Crippen LogP) is 3.47. The molecule has 5 heteroatoms. The molecule has 1 heterocycles. The van der Waals surface area contributed by atoms with E-state index < -0.39 is 5.97 Å². The van der Waals surface area contributed by atoms with Gasteiger partial charge in [0.05, 0.1) is 24.3 Å². The summed E-state index contributed by atoms with van der Waals surface area (Å²) in [6.07, 6.45) is 4.63. The molecule has 0 aliphatic rings. The van der Waals surface area contributed by atoms with E-state index in [0.29, 0.717) is 17.4 Å².